The summed E-state index contributed by atoms with van der Waals surface area (Å²) >= 11 is 1.28. The zero-order valence-corrected chi connectivity index (χ0v) is 13.6. The van der Waals surface area contributed by atoms with E-state index in [-0.39, 0.29) is 18.5 Å². The summed E-state index contributed by atoms with van der Waals surface area (Å²) < 4.78 is 5.00. The molecule has 0 unspecified atom stereocenters. The number of carbonyl (C=O) groups is 3. The molecule has 1 aromatic heterocycles. The Bertz CT molecular complexity index is 587. The Kier molecular flexibility index (Phi) is 4.95. The topological polar surface area (TPSA) is 84.5 Å². The molecule has 6 nitrogen and oxygen atoms in total. The monoisotopic (exact) mass is 336 g/mol. The van der Waals surface area contributed by atoms with Crippen LogP contribution in [0.4, 0.5) is 0 Å². The average molecular weight is 336 g/mol. The maximum atomic E-state index is 11.8. The van der Waals surface area contributed by atoms with E-state index >= 15 is 0 Å². The lowest BCUT2D eigenvalue weighted by molar-refractivity contribution is -0.150. The number of amides is 2. The quantitative estimate of drug-likeness (QED) is 0.635. The molecule has 2 bridgehead atoms. The number of hydrogen-bond acceptors (Lipinski definition) is 5. The summed E-state index contributed by atoms with van der Waals surface area (Å²) in [6.45, 7) is -0.371. The van der Waals surface area contributed by atoms with Crippen LogP contribution in [0.2, 0.25) is 0 Å². The van der Waals surface area contributed by atoms with Gasteiger partial charge < -0.3 is 4.74 Å². The second-order valence-electron chi connectivity index (χ2n) is 6.28. The van der Waals surface area contributed by atoms with Crippen molar-refractivity contribution in [1.29, 1.82) is 0 Å². The summed E-state index contributed by atoms with van der Waals surface area (Å²) in [6, 6.07) is 3.40. The molecule has 0 radical (unpaired) electrons. The van der Waals surface area contributed by atoms with Crippen LogP contribution in [0.15, 0.2) is 17.5 Å². The summed E-state index contributed by atoms with van der Waals surface area (Å²) in [5, 5.41) is 1.77. The number of hydrazine groups is 1. The van der Waals surface area contributed by atoms with E-state index in [0.29, 0.717) is 23.1 Å². The second-order valence-corrected chi connectivity index (χ2v) is 7.23. The van der Waals surface area contributed by atoms with Crippen molar-refractivity contribution in [1.82, 2.24) is 10.9 Å². The van der Waals surface area contributed by atoms with Crippen molar-refractivity contribution >= 4 is 29.1 Å². The first-order valence-electron chi connectivity index (χ1n) is 7.90. The van der Waals surface area contributed by atoms with Gasteiger partial charge in [-0.1, -0.05) is 12.5 Å². The highest BCUT2D eigenvalue weighted by Crippen LogP contribution is 2.49. The van der Waals surface area contributed by atoms with Crippen molar-refractivity contribution in [2.45, 2.75) is 32.1 Å². The first-order valence-corrected chi connectivity index (χ1v) is 8.78. The van der Waals surface area contributed by atoms with Crippen LogP contribution >= 0.6 is 11.3 Å². The average Bonchev–Trinajstić information content (AvgIpc) is 3.27. The molecule has 2 aliphatic rings. The molecule has 7 heteroatoms. The van der Waals surface area contributed by atoms with E-state index in [4.69, 9.17) is 4.74 Å². The highest BCUT2D eigenvalue weighted by atomic mass is 32.1. The lowest BCUT2D eigenvalue weighted by atomic mass is 9.86. The summed E-state index contributed by atoms with van der Waals surface area (Å²) in [4.78, 5) is 35.5. The van der Waals surface area contributed by atoms with E-state index in [1.54, 1.807) is 17.5 Å². The third kappa shape index (κ3) is 4.10. The third-order valence-electron chi connectivity index (χ3n) is 4.74. The van der Waals surface area contributed by atoms with Crippen molar-refractivity contribution in [3.8, 4) is 0 Å². The number of carbonyl (C=O) groups excluding carboxylic acids is 3. The molecule has 1 aromatic rings. The fourth-order valence-corrected chi connectivity index (χ4v) is 4.30. The molecule has 0 saturated heterocycles. The van der Waals surface area contributed by atoms with E-state index in [1.807, 2.05) is 0 Å². The lowest BCUT2D eigenvalue weighted by Crippen LogP contribution is -2.43. The van der Waals surface area contributed by atoms with Gasteiger partial charge in [0.05, 0.1) is 4.88 Å². The Morgan fingerprint density at radius 3 is 2.74 bits per heavy atom. The lowest BCUT2D eigenvalue weighted by Gasteiger charge is -2.20. The van der Waals surface area contributed by atoms with E-state index in [9.17, 15) is 14.4 Å². The van der Waals surface area contributed by atoms with Crippen LogP contribution in [-0.4, -0.2) is 24.4 Å². The molecule has 1 heterocycles. The molecule has 3 rings (SSSR count). The minimum absolute atomic E-state index is 0.331. The maximum absolute atomic E-state index is 11.8. The molecule has 0 aliphatic heterocycles. The van der Waals surface area contributed by atoms with Gasteiger partial charge in [-0.2, -0.15) is 0 Å². The van der Waals surface area contributed by atoms with Gasteiger partial charge in [0.25, 0.3) is 11.8 Å². The first-order chi connectivity index (χ1) is 11.1. The highest BCUT2D eigenvalue weighted by molar-refractivity contribution is 7.12. The normalized spacial score (nSPS) is 25.1. The fourth-order valence-electron chi connectivity index (χ4n) is 3.68. The number of fused-ring (bicyclic) bond motifs is 2. The predicted molar refractivity (Wildman–Crippen MR) is 84.4 cm³/mol. The Hall–Kier alpha value is -1.89. The molecule has 0 spiro atoms. The summed E-state index contributed by atoms with van der Waals surface area (Å²) in [5.74, 6) is 0.600. The molecule has 2 N–H and O–H groups in total. The molecule has 2 fully saturated rings. The van der Waals surface area contributed by atoms with Gasteiger partial charge in [0.1, 0.15) is 0 Å². The minimum Gasteiger partial charge on any atom is -0.455 e. The number of nitrogens with one attached hydrogen (secondary N) is 2. The van der Waals surface area contributed by atoms with Crippen LogP contribution in [0.3, 0.4) is 0 Å². The number of thiophene rings is 1. The van der Waals surface area contributed by atoms with Gasteiger partial charge in [-0.05, 0) is 48.5 Å². The van der Waals surface area contributed by atoms with Gasteiger partial charge in [-0.15, -0.1) is 11.3 Å². The van der Waals surface area contributed by atoms with E-state index in [1.165, 1.54) is 30.6 Å². The van der Waals surface area contributed by atoms with Gasteiger partial charge in [0.2, 0.25) is 0 Å². The van der Waals surface area contributed by atoms with Crippen LogP contribution in [0.5, 0.6) is 0 Å². The maximum Gasteiger partial charge on any atom is 0.306 e. The van der Waals surface area contributed by atoms with Crippen LogP contribution in [0.25, 0.3) is 0 Å². The zero-order chi connectivity index (χ0) is 16.2. The predicted octanol–water partition coefficient (Wildman–Crippen LogP) is 1.88. The fraction of sp³-hybridized carbons (Fsp3) is 0.562. The van der Waals surface area contributed by atoms with Gasteiger partial charge in [0.15, 0.2) is 6.61 Å². The largest absolute Gasteiger partial charge is 0.455 e. The van der Waals surface area contributed by atoms with Crippen molar-refractivity contribution < 1.29 is 19.1 Å². The number of hydrogen-bond donors (Lipinski definition) is 2. The Morgan fingerprint density at radius 2 is 2.09 bits per heavy atom. The third-order valence-corrected chi connectivity index (χ3v) is 5.61. The van der Waals surface area contributed by atoms with Crippen molar-refractivity contribution in [3.05, 3.63) is 22.4 Å². The first kappa shape index (κ1) is 16.0. The molecular weight excluding hydrogens is 316 g/mol. The van der Waals surface area contributed by atoms with Gasteiger partial charge in [0, 0.05) is 6.42 Å². The molecule has 23 heavy (non-hydrogen) atoms. The summed E-state index contributed by atoms with van der Waals surface area (Å²) in [5.41, 5.74) is 4.52. The summed E-state index contributed by atoms with van der Waals surface area (Å²) in [6.07, 6.45) is 5.27. The van der Waals surface area contributed by atoms with Crippen molar-refractivity contribution in [2.24, 2.45) is 17.8 Å². The van der Waals surface area contributed by atoms with Crippen LogP contribution in [-0.2, 0) is 14.3 Å². The summed E-state index contributed by atoms with van der Waals surface area (Å²) in [7, 11) is 0. The molecule has 124 valence electrons. The molecule has 0 aromatic carbocycles. The minimum atomic E-state index is -0.545. The van der Waals surface area contributed by atoms with Crippen LogP contribution in [0, 0.1) is 17.8 Å². The van der Waals surface area contributed by atoms with Crippen molar-refractivity contribution in [2.75, 3.05) is 6.61 Å². The molecule has 2 amide bonds. The van der Waals surface area contributed by atoms with Gasteiger partial charge in [-0.3, -0.25) is 25.2 Å². The molecular formula is C16H20N2O4S. The molecule has 2 aliphatic carbocycles. The van der Waals surface area contributed by atoms with Crippen LogP contribution in [0.1, 0.15) is 41.8 Å². The smallest absolute Gasteiger partial charge is 0.306 e. The number of ether oxygens (including phenoxy) is 1. The molecule has 3 atom stereocenters. The number of rotatable bonds is 5. The standard InChI is InChI=1S/C16H20N2O4S/c19-14(17-18-16(21)13-2-1-5-23-13)9-22-15(20)8-12-7-10-3-4-11(12)6-10/h1-2,5,10-12H,3-4,6-9H2,(H,17,19)(H,18,21)/t10-,11+,12-/m1/s1. The Balaban J connectivity index is 1.32. The molecule has 2 saturated carbocycles. The van der Waals surface area contributed by atoms with E-state index < -0.39 is 5.91 Å². The highest BCUT2D eigenvalue weighted by Gasteiger charge is 2.40. The van der Waals surface area contributed by atoms with E-state index in [0.717, 1.165) is 12.3 Å². The zero-order valence-electron chi connectivity index (χ0n) is 12.7. The van der Waals surface area contributed by atoms with Gasteiger partial charge >= 0.3 is 5.97 Å². The Labute approximate surface area is 138 Å². The van der Waals surface area contributed by atoms with E-state index in [2.05, 4.69) is 10.9 Å². The SMILES string of the molecule is O=C(COC(=O)C[C@H]1C[C@@H]2CC[C@H]1C2)NNC(=O)c1cccs1. The van der Waals surface area contributed by atoms with Crippen molar-refractivity contribution in [3.63, 3.8) is 0 Å². The second kappa shape index (κ2) is 7.12. The van der Waals surface area contributed by atoms with Gasteiger partial charge in [-0.25, -0.2) is 0 Å². The Morgan fingerprint density at radius 1 is 1.22 bits per heavy atom. The van der Waals surface area contributed by atoms with Crippen LogP contribution < -0.4 is 10.9 Å². The number of esters is 1.